The van der Waals surface area contributed by atoms with E-state index in [-0.39, 0.29) is 16.5 Å². The molecule has 0 saturated carbocycles. The summed E-state index contributed by atoms with van der Waals surface area (Å²) in [4.78, 5) is 14.9. The molecule has 0 bridgehead atoms. The monoisotopic (exact) mass is 279 g/mol. The predicted molar refractivity (Wildman–Crippen MR) is 69.3 cm³/mol. The summed E-state index contributed by atoms with van der Waals surface area (Å²) in [6.07, 6.45) is 1.32. The van der Waals surface area contributed by atoms with E-state index in [1.165, 1.54) is 19.4 Å². The molecule has 0 unspecified atom stereocenters. The summed E-state index contributed by atoms with van der Waals surface area (Å²) >= 11 is 5.93. The lowest BCUT2D eigenvalue weighted by molar-refractivity contribution is 0.0696. The molecule has 19 heavy (non-hydrogen) atoms. The van der Waals surface area contributed by atoms with E-state index in [1.54, 1.807) is 24.3 Å². The Morgan fingerprint density at radius 2 is 2.05 bits per heavy atom. The van der Waals surface area contributed by atoms with E-state index < -0.39 is 5.97 Å². The number of aromatic nitrogens is 1. The van der Waals surface area contributed by atoms with Gasteiger partial charge in [-0.25, -0.2) is 9.78 Å². The molecular weight excluding hydrogens is 270 g/mol. The lowest BCUT2D eigenvalue weighted by Gasteiger charge is -2.08. The van der Waals surface area contributed by atoms with Crippen LogP contribution in [-0.2, 0) is 0 Å². The zero-order valence-electron chi connectivity index (χ0n) is 9.96. The number of nitrogens with zero attached hydrogens (tertiary/aromatic N) is 1. The van der Waals surface area contributed by atoms with Gasteiger partial charge in [0.2, 0.25) is 5.88 Å². The van der Waals surface area contributed by atoms with Gasteiger partial charge in [0.1, 0.15) is 16.5 Å². The molecule has 0 fully saturated rings. The quantitative estimate of drug-likeness (QED) is 0.930. The van der Waals surface area contributed by atoms with Gasteiger partial charge >= 0.3 is 5.97 Å². The number of benzene rings is 1. The summed E-state index contributed by atoms with van der Waals surface area (Å²) in [7, 11) is 1.54. The van der Waals surface area contributed by atoms with E-state index >= 15 is 0 Å². The molecule has 0 aliphatic carbocycles. The highest BCUT2D eigenvalue weighted by atomic mass is 35.5. The molecule has 2 aromatic rings. The van der Waals surface area contributed by atoms with Gasteiger partial charge in [0, 0.05) is 12.3 Å². The molecule has 0 radical (unpaired) electrons. The number of aromatic carboxylic acids is 1. The minimum atomic E-state index is -1.14. The fourth-order valence-corrected chi connectivity index (χ4v) is 1.67. The van der Waals surface area contributed by atoms with Crippen LogP contribution in [0.4, 0.5) is 0 Å². The molecule has 6 heteroatoms. The van der Waals surface area contributed by atoms with Crippen LogP contribution < -0.4 is 9.47 Å². The zero-order valence-corrected chi connectivity index (χ0v) is 10.7. The van der Waals surface area contributed by atoms with Crippen LogP contribution in [0.5, 0.6) is 17.4 Å². The Morgan fingerprint density at radius 1 is 1.32 bits per heavy atom. The van der Waals surface area contributed by atoms with Crippen LogP contribution in [0.1, 0.15) is 10.4 Å². The van der Waals surface area contributed by atoms with Gasteiger partial charge in [-0.1, -0.05) is 17.7 Å². The number of pyridine rings is 1. The number of halogens is 1. The summed E-state index contributed by atoms with van der Waals surface area (Å²) in [6.45, 7) is 0. The van der Waals surface area contributed by atoms with Crippen molar-refractivity contribution in [3.63, 3.8) is 0 Å². The first-order valence-corrected chi connectivity index (χ1v) is 5.69. The molecule has 0 spiro atoms. The highest BCUT2D eigenvalue weighted by Gasteiger charge is 2.15. The Labute approximate surface area is 114 Å². The summed E-state index contributed by atoms with van der Waals surface area (Å²) in [5.41, 5.74) is -0.0606. The van der Waals surface area contributed by atoms with Crippen molar-refractivity contribution >= 4 is 17.6 Å². The van der Waals surface area contributed by atoms with Gasteiger partial charge in [0.25, 0.3) is 0 Å². The van der Waals surface area contributed by atoms with Crippen molar-refractivity contribution in [2.24, 2.45) is 0 Å². The SMILES string of the molecule is COc1cccc(Oc2nccc(C(=O)O)c2Cl)c1. The predicted octanol–water partition coefficient (Wildman–Crippen LogP) is 3.23. The fourth-order valence-electron chi connectivity index (χ4n) is 1.44. The molecular formula is C13H10ClNO4. The standard InChI is InChI=1S/C13H10ClNO4/c1-18-8-3-2-4-9(7-8)19-12-11(14)10(13(16)17)5-6-15-12/h2-7H,1H3,(H,16,17). The second-order valence-electron chi connectivity index (χ2n) is 3.56. The van der Waals surface area contributed by atoms with Crippen molar-refractivity contribution in [3.05, 3.63) is 47.1 Å². The van der Waals surface area contributed by atoms with Gasteiger partial charge in [-0.15, -0.1) is 0 Å². The van der Waals surface area contributed by atoms with Gasteiger partial charge in [-0.05, 0) is 18.2 Å². The smallest absolute Gasteiger partial charge is 0.337 e. The maximum Gasteiger partial charge on any atom is 0.337 e. The largest absolute Gasteiger partial charge is 0.497 e. The van der Waals surface area contributed by atoms with E-state index in [4.69, 9.17) is 26.2 Å². The van der Waals surface area contributed by atoms with Crippen LogP contribution >= 0.6 is 11.6 Å². The maximum absolute atomic E-state index is 10.9. The van der Waals surface area contributed by atoms with Crippen LogP contribution in [0.2, 0.25) is 5.02 Å². The third-order valence-corrected chi connectivity index (χ3v) is 2.71. The molecule has 5 nitrogen and oxygen atoms in total. The van der Waals surface area contributed by atoms with Crippen molar-refractivity contribution < 1.29 is 19.4 Å². The number of hydrogen-bond donors (Lipinski definition) is 1. The Kier molecular flexibility index (Phi) is 3.87. The topological polar surface area (TPSA) is 68.7 Å². The van der Waals surface area contributed by atoms with E-state index in [9.17, 15) is 4.79 Å². The number of rotatable bonds is 4. The molecule has 2 rings (SSSR count). The third kappa shape index (κ3) is 2.95. The van der Waals surface area contributed by atoms with Gasteiger partial charge < -0.3 is 14.6 Å². The van der Waals surface area contributed by atoms with Crippen LogP contribution in [-0.4, -0.2) is 23.2 Å². The second-order valence-corrected chi connectivity index (χ2v) is 3.94. The lowest BCUT2D eigenvalue weighted by atomic mass is 10.2. The number of carboxylic acids is 1. The number of ether oxygens (including phenoxy) is 2. The van der Waals surface area contributed by atoms with Crippen molar-refractivity contribution in [3.8, 4) is 17.4 Å². The van der Waals surface area contributed by atoms with Gasteiger partial charge in [-0.2, -0.15) is 0 Å². The Morgan fingerprint density at radius 3 is 2.74 bits per heavy atom. The summed E-state index contributed by atoms with van der Waals surface area (Å²) in [6, 6.07) is 8.14. The molecule has 0 aliphatic rings. The van der Waals surface area contributed by atoms with Crippen molar-refractivity contribution in [2.45, 2.75) is 0 Å². The maximum atomic E-state index is 10.9. The highest BCUT2D eigenvalue weighted by molar-refractivity contribution is 6.34. The second kappa shape index (κ2) is 5.58. The number of carbonyl (C=O) groups is 1. The average Bonchev–Trinajstić information content (AvgIpc) is 2.41. The lowest BCUT2D eigenvalue weighted by Crippen LogP contribution is -2.00. The first-order chi connectivity index (χ1) is 9.11. The van der Waals surface area contributed by atoms with Crippen LogP contribution in [0, 0.1) is 0 Å². The molecule has 0 saturated heterocycles. The Bertz CT molecular complexity index is 615. The van der Waals surface area contributed by atoms with Crippen LogP contribution in [0.15, 0.2) is 36.5 Å². The molecule has 0 aliphatic heterocycles. The molecule has 1 aromatic heterocycles. The first-order valence-electron chi connectivity index (χ1n) is 5.31. The molecule has 0 atom stereocenters. The number of hydrogen-bond acceptors (Lipinski definition) is 4. The number of methoxy groups -OCH3 is 1. The Balaban J connectivity index is 2.33. The Hall–Kier alpha value is -2.27. The highest BCUT2D eigenvalue weighted by Crippen LogP contribution is 2.31. The van der Waals surface area contributed by atoms with Gasteiger partial charge in [-0.3, -0.25) is 0 Å². The zero-order chi connectivity index (χ0) is 13.8. The minimum absolute atomic E-state index is 0.0369. The van der Waals surface area contributed by atoms with Gasteiger partial charge in [0.15, 0.2) is 0 Å². The minimum Gasteiger partial charge on any atom is -0.497 e. The summed E-state index contributed by atoms with van der Waals surface area (Å²) in [5, 5.41) is 8.91. The van der Waals surface area contributed by atoms with Crippen molar-refractivity contribution in [1.29, 1.82) is 0 Å². The summed E-state index contributed by atoms with van der Waals surface area (Å²) in [5.74, 6) is -0.0305. The molecule has 0 amide bonds. The van der Waals surface area contributed by atoms with E-state index in [1.807, 2.05) is 0 Å². The number of carboxylic acid groups (broad SMARTS) is 1. The van der Waals surface area contributed by atoms with Gasteiger partial charge in [0.05, 0.1) is 12.7 Å². The summed E-state index contributed by atoms with van der Waals surface area (Å²) < 4.78 is 10.5. The normalized spacial score (nSPS) is 10.0. The molecule has 1 aromatic carbocycles. The van der Waals surface area contributed by atoms with E-state index in [0.717, 1.165) is 0 Å². The molecule has 98 valence electrons. The first kappa shape index (κ1) is 13.2. The van der Waals surface area contributed by atoms with Crippen LogP contribution in [0.25, 0.3) is 0 Å². The van der Waals surface area contributed by atoms with E-state index in [2.05, 4.69) is 4.98 Å². The fraction of sp³-hybridized carbons (Fsp3) is 0.0769. The molecule has 1 N–H and O–H groups in total. The van der Waals surface area contributed by atoms with Crippen LogP contribution in [0.3, 0.4) is 0 Å². The third-order valence-electron chi connectivity index (χ3n) is 2.34. The van der Waals surface area contributed by atoms with Crippen molar-refractivity contribution in [1.82, 2.24) is 4.98 Å². The van der Waals surface area contributed by atoms with Crippen molar-refractivity contribution in [2.75, 3.05) is 7.11 Å². The molecule has 1 heterocycles. The average molecular weight is 280 g/mol. The van der Waals surface area contributed by atoms with E-state index in [0.29, 0.717) is 11.5 Å².